The van der Waals surface area contributed by atoms with Crippen LogP contribution in [0.15, 0.2) is 0 Å². The molecule has 1 heterocycles. The number of hydrogen-bond donors (Lipinski definition) is 1. The molecule has 0 aromatic carbocycles. The van der Waals surface area contributed by atoms with E-state index in [4.69, 9.17) is 0 Å². The summed E-state index contributed by atoms with van der Waals surface area (Å²) in [5, 5.41) is 3.06. The van der Waals surface area contributed by atoms with Crippen LogP contribution < -0.4 is 5.32 Å². The first-order chi connectivity index (χ1) is 3.00. The van der Waals surface area contributed by atoms with E-state index in [1.807, 2.05) is 0 Å². The van der Waals surface area contributed by atoms with Crippen molar-refractivity contribution in [3.63, 3.8) is 0 Å². The zero-order chi connectivity index (χ0) is 4.83. The molecule has 2 heteroatoms. The van der Waals surface area contributed by atoms with Gasteiger partial charge in [-0.2, -0.15) is 6.92 Å². The third kappa shape index (κ3) is 7.06. The van der Waals surface area contributed by atoms with Crippen molar-refractivity contribution >= 4 is 0 Å². The molecule has 1 aliphatic heterocycles. The minimum atomic E-state index is 0. The van der Waals surface area contributed by atoms with Gasteiger partial charge in [0.25, 0.3) is 0 Å². The van der Waals surface area contributed by atoms with Crippen LogP contribution in [0.4, 0.5) is 0 Å². The molecular weight excluding hydrogens is 163 g/mol. The van der Waals surface area contributed by atoms with Gasteiger partial charge in [-0.15, -0.1) is 13.1 Å². The molecule has 0 bridgehead atoms. The largest absolute Gasteiger partial charge is 0.376 e. The smallest absolute Gasteiger partial charge is 0 e. The van der Waals surface area contributed by atoms with Crippen molar-refractivity contribution in [1.82, 2.24) is 5.32 Å². The van der Waals surface area contributed by atoms with Gasteiger partial charge in [0.05, 0.1) is 0 Å². The first kappa shape index (κ1) is 10.9. The van der Waals surface area contributed by atoms with Crippen LogP contribution in [0.25, 0.3) is 0 Å². The summed E-state index contributed by atoms with van der Waals surface area (Å²) in [5.41, 5.74) is 0. The number of nitrogens with one attached hydrogen (secondary N) is 1. The minimum absolute atomic E-state index is 0. The second-order valence-corrected chi connectivity index (χ2v) is 0.947. The van der Waals surface area contributed by atoms with Crippen LogP contribution >= 0.6 is 0 Å². The Kier molecular flexibility index (Phi) is 15.8. The molecule has 1 aliphatic rings. The fraction of sp³-hybridized carbons (Fsp3) is 0.600. The molecule has 1 radical (unpaired) electrons. The maximum atomic E-state index is 3.25. The van der Waals surface area contributed by atoms with Gasteiger partial charge in [-0.1, -0.05) is 0 Å². The molecule has 1 saturated heterocycles. The first-order valence-corrected chi connectivity index (χ1v) is 2.23. The average Bonchev–Trinajstić information content (AvgIpc) is 1.36. The Hall–Kier alpha value is 1.06. The molecule has 0 aromatic rings. The van der Waals surface area contributed by atoms with E-state index in [0.29, 0.717) is 0 Å². The van der Waals surface area contributed by atoms with Gasteiger partial charge in [-0.25, -0.2) is 0 Å². The summed E-state index contributed by atoms with van der Waals surface area (Å²) >= 11 is 0. The van der Waals surface area contributed by atoms with Gasteiger partial charge in [-0.3, -0.25) is 0 Å². The molecule has 0 amide bonds. The summed E-state index contributed by atoms with van der Waals surface area (Å²) in [6, 6.07) is 0. The van der Waals surface area contributed by atoms with Crippen molar-refractivity contribution in [2.24, 2.45) is 0 Å². The van der Waals surface area contributed by atoms with Crippen LogP contribution in [0, 0.1) is 13.3 Å². The van der Waals surface area contributed by atoms with Crippen molar-refractivity contribution in [2.45, 2.75) is 6.92 Å². The molecule has 0 aliphatic carbocycles. The van der Waals surface area contributed by atoms with Gasteiger partial charge in [-0.05, 0) is 0 Å². The summed E-state index contributed by atoms with van der Waals surface area (Å²) in [5.74, 6) is 0. The quantitative estimate of drug-likeness (QED) is 0.531. The van der Waals surface area contributed by atoms with Crippen molar-refractivity contribution in [2.75, 3.05) is 13.1 Å². The SMILES string of the molecule is [CH-]1CNC1.[CH2-]C.[Y]. The molecule has 0 atom stereocenters. The Labute approximate surface area is 71.1 Å². The predicted octanol–water partition coefficient (Wildman–Crippen LogP) is 0.632. The fourth-order valence-electron chi connectivity index (χ4n) is 0.144. The van der Waals surface area contributed by atoms with Crippen molar-refractivity contribution in [1.29, 1.82) is 0 Å². The van der Waals surface area contributed by atoms with E-state index in [9.17, 15) is 0 Å². The van der Waals surface area contributed by atoms with Gasteiger partial charge in [0.15, 0.2) is 0 Å². The van der Waals surface area contributed by atoms with Crippen LogP contribution in [0.5, 0.6) is 0 Å². The van der Waals surface area contributed by atoms with Crippen LogP contribution in [0.3, 0.4) is 0 Å². The summed E-state index contributed by atoms with van der Waals surface area (Å²) in [6.45, 7) is 7.25. The second-order valence-electron chi connectivity index (χ2n) is 0.947. The molecule has 41 valence electrons. The number of rotatable bonds is 0. The molecule has 1 fully saturated rings. The van der Waals surface area contributed by atoms with E-state index >= 15 is 0 Å². The Bertz CT molecular complexity index is 16.0. The third-order valence-corrected chi connectivity index (χ3v) is 0.577. The standard InChI is InChI=1S/C3H6N.C2H5.Y/c1-2-4-3-1;1-2;/h1,4H,2-3H2;1H2,2H3;/q2*-1;. The van der Waals surface area contributed by atoms with Crippen LogP contribution in [-0.4, -0.2) is 13.1 Å². The third-order valence-electron chi connectivity index (χ3n) is 0.577. The van der Waals surface area contributed by atoms with Crippen LogP contribution in [0.1, 0.15) is 6.92 Å². The Morgan fingerprint density at radius 1 is 1.43 bits per heavy atom. The average molecular weight is 174 g/mol. The fourth-order valence-corrected chi connectivity index (χ4v) is 0.144. The van der Waals surface area contributed by atoms with Gasteiger partial charge >= 0.3 is 0 Å². The summed E-state index contributed by atoms with van der Waals surface area (Å²) in [4.78, 5) is 0. The van der Waals surface area contributed by atoms with Crippen LogP contribution in [0.2, 0.25) is 0 Å². The summed E-state index contributed by atoms with van der Waals surface area (Å²) < 4.78 is 0. The number of hydrogen-bond acceptors (Lipinski definition) is 1. The molecule has 0 saturated carbocycles. The zero-order valence-electron chi connectivity index (χ0n) is 4.78. The molecule has 0 aromatic heterocycles. The maximum Gasteiger partial charge on any atom is 0 e. The molecule has 1 rings (SSSR count). The van der Waals surface area contributed by atoms with Crippen LogP contribution in [-0.2, 0) is 32.7 Å². The van der Waals surface area contributed by atoms with E-state index in [0.717, 1.165) is 13.1 Å². The second kappa shape index (κ2) is 10.1. The topological polar surface area (TPSA) is 12.0 Å². The molecular formula is C5H11NY-2. The van der Waals surface area contributed by atoms with Gasteiger partial charge in [0, 0.05) is 32.7 Å². The van der Waals surface area contributed by atoms with E-state index in [-0.39, 0.29) is 32.7 Å². The Balaban J connectivity index is 0. The molecule has 0 spiro atoms. The van der Waals surface area contributed by atoms with Gasteiger partial charge < -0.3 is 18.7 Å². The summed E-state index contributed by atoms with van der Waals surface area (Å²) in [6.07, 6.45) is 2.19. The van der Waals surface area contributed by atoms with Gasteiger partial charge in [0.2, 0.25) is 0 Å². The van der Waals surface area contributed by atoms with Crippen molar-refractivity contribution < 1.29 is 32.7 Å². The van der Waals surface area contributed by atoms with E-state index in [1.54, 1.807) is 6.92 Å². The monoisotopic (exact) mass is 174 g/mol. The summed E-state index contributed by atoms with van der Waals surface area (Å²) in [7, 11) is 0. The predicted molar refractivity (Wildman–Crippen MR) is 28.2 cm³/mol. The first-order valence-electron chi connectivity index (χ1n) is 2.23. The van der Waals surface area contributed by atoms with Gasteiger partial charge in [0.1, 0.15) is 0 Å². The molecule has 0 unspecified atom stereocenters. The zero-order valence-corrected chi connectivity index (χ0v) is 7.61. The van der Waals surface area contributed by atoms with Crippen molar-refractivity contribution in [3.05, 3.63) is 13.3 Å². The Morgan fingerprint density at radius 2 is 1.57 bits per heavy atom. The molecule has 1 nitrogen and oxygen atoms in total. The van der Waals surface area contributed by atoms with E-state index in [1.165, 1.54) is 0 Å². The van der Waals surface area contributed by atoms with E-state index < -0.39 is 0 Å². The normalized spacial score (nSPS) is 14.6. The molecule has 7 heavy (non-hydrogen) atoms. The maximum absolute atomic E-state index is 3.25. The minimum Gasteiger partial charge on any atom is -0.376 e. The molecule has 1 N–H and O–H groups in total. The Morgan fingerprint density at radius 3 is 1.57 bits per heavy atom. The van der Waals surface area contributed by atoms with Crippen molar-refractivity contribution in [3.8, 4) is 0 Å². The van der Waals surface area contributed by atoms with E-state index in [2.05, 4.69) is 18.7 Å².